The maximum absolute atomic E-state index is 6.18. The maximum Gasteiger partial charge on any atom is 0.135 e. The van der Waals surface area contributed by atoms with Crippen molar-refractivity contribution >= 4 is 141 Å². The van der Waals surface area contributed by atoms with E-state index in [0.717, 1.165) is 100 Å². The van der Waals surface area contributed by atoms with E-state index in [9.17, 15) is 0 Å². The summed E-state index contributed by atoms with van der Waals surface area (Å²) in [5.74, 6) is 0. The highest BCUT2D eigenvalue weighted by molar-refractivity contribution is 7.26. The summed E-state index contributed by atoms with van der Waals surface area (Å²) >= 11 is 3.73. The molecule has 0 unspecified atom stereocenters. The van der Waals surface area contributed by atoms with Gasteiger partial charge in [0.05, 0.1) is 22.2 Å². The SMILES string of the molecule is c1ccc(C2(c3ccccc3)c3ccccc3-c3c(N(c4ccc(-c5ccc6oc7ccccc7c6c5)cc4)c4ccc(-c5ccc6oc7ccccc7c6c5)cc4)cccc32)cc1.c1ccc(C2(c3ccccc3)c3ccccc3-c3c(N(c4ccc(-c5ccc6sc7ccccc7c6c5)cc4)c4ccc(-c5ccc6sc7ccccc7c6c5)cc4)cccc32)cc1. The van der Waals surface area contributed by atoms with Crippen LogP contribution in [-0.2, 0) is 10.8 Å². The van der Waals surface area contributed by atoms with Crippen LogP contribution in [0.25, 0.3) is 151 Å². The summed E-state index contributed by atoms with van der Waals surface area (Å²) in [7, 11) is 0. The zero-order valence-corrected chi connectivity index (χ0v) is 71.2. The molecule has 0 saturated carbocycles. The van der Waals surface area contributed by atoms with Crippen molar-refractivity contribution in [3.63, 3.8) is 0 Å². The molecule has 0 bridgehead atoms. The van der Waals surface area contributed by atoms with Gasteiger partial charge in [-0.25, -0.2) is 0 Å². The molecule has 2 aliphatic rings. The Morgan fingerprint density at radius 1 is 0.180 bits per heavy atom. The minimum atomic E-state index is -0.518. The Morgan fingerprint density at radius 3 is 0.805 bits per heavy atom. The van der Waals surface area contributed by atoms with Gasteiger partial charge in [0.15, 0.2) is 0 Å². The predicted molar refractivity (Wildman–Crippen MR) is 539 cm³/mol. The van der Waals surface area contributed by atoms with Crippen LogP contribution < -0.4 is 9.80 Å². The van der Waals surface area contributed by atoms with E-state index in [4.69, 9.17) is 8.83 Å². The molecule has 2 aliphatic carbocycles. The van der Waals surface area contributed by atoms with Crippen LogP contribution in [0.4, 0.5) is 34.1 Å². The molecule has 0 N–H and O–H groups in total. The van der Waals surface area contributed by atoms with Crippen LogP contribution >= 0.6 is 22.7 Å². The lowest BCUT2D eigenvalue weighted by Crippen LogP contribution is -2.28. The Labute approximate surface area is 749 Å². The molecule has 0 amide bonds. The first-order valence-electron chi connectivity index (χ1n) is 43.8. The molecule has 0 saturated heterocycles. The van der Waals surface area contributed by atoms with Crippen molar-refractivity contribution in [3.8, 4) is 66.8 Å². The summed E-state index contributed by atoms with van der Waals surface area (Å²) in [4.78, 5) is 4.91. The summed E-state index contributed by atoms with van der Waals surface area (Å²) in [5, 5.41) is 9.77. The van der Waals surface area contributed by atoms with Crippen LogP contribution in [0.1, 0.15) is 44.5 Å². The van der Waals surface area contributed by atoms with Gasteiger partial charge in [0.2, 0.25) is 0 Å². The molecular formula is C122H78N2O2S2. The van der Waals surface area contributed by atoms with Gasteiger partial charge in [0.1, 0.15) is 22.3 Å². The maximum atomic E-state index is 6.18. The molecule has 0 aliphatic heterocycles. The molecule has 0 spiro atoms. The number of thiophene rings is 2. The van der Waals surface area contributed by atoms with Crippen molar-refractivity contribution in [3.05, 3.63) is 518 Å². The average molecular weight is 1670 g/mol. The normalized spacial score (nSPS) is 12.8. The Balaban J connectivity index is 0.000000139. The molecule has 24 aromatic rings. The highest BCUT2D eigenvalue weighted by Gasteiger charge is 2.49. The van der Waals surface area contributed by atoms with E-state index < -0.39 is 10.8 Å². The minimum absolute atomic E-state index is 0.501. The van der Waals surface area contributed by atoms with E-state index >= 15 is 0 Å². The number of rotatable bonds is 14. The molecule has 4 nitrogen and oxygen atoms in total. The van der Waals surface area contributed by atoms with Crippen LogP contribution in [0.3, 0.4) is 0 Å². The summed E-state index contributed by atoms with van der Waals surface area (Å²) in [6.45, 7) is 0. The fraction of sp³-hybridized carbons (Fsp3) is 0.0164. The van der Waals surface area contributed by atoms with E-state index in [1.165, 1.54) is 129 Å². The molecule has 20 aromatic carbocycles. The minimum Gasteiger partial charge on any atom is -0.456 e. The second kappa shape index (κ2) is 30.5. The smallest absolute Gasteiger partial charge is 0.135 e. The lowest BCUT2D eigenvalue weighted by atomic mass is 9.68. The molecule has 6 heteroatoms. The molecule has 4 aromatic heterocycles. The van der Waals surface area contributed by atoms with E-state index in [0.29, 0.717) is 0 Å². The highest BCUT2D eigenvalue weighted by atomic mass is 32.1. The third kappa shape index (κ3) is 12.0. The molecule has 600 valence electrons. The largest absolute Gasteiger partial charge is 0.456 e. The van der Waals surface area contributed by atoms with Gasteiger partial charge in [0.25, 0.3) is 0 Å². The lowest BCUT2D eigenvalue weighted by Gasteiger charge is -2.34. The van der Waals surface area contributed by atoms with Crippen LogP contribution in [0.2, 0.25) is 0 Å². The van der Waals surface area contributed by atoms with Gasteiger partial charge in [-0.15, -0.1) is 22.7 Å². The summed E-state index contributed by atoms with van der Waals surface area (Å²) in [6, 6.07) is 173. The van der Waals surface area contributed by atoms with E-state index in [1.807, 2.05) is 46.9 Å². The first-order valence-corrected chi connectivity index (χ1v) is 45.4. The van der Waals surface area contributed by atoms with Gasteiger partial charge >= 0.3 is 0 Å². The fourth-order valence-corrected chi connectivity index (χ4v) is 23.2. The van der Waals surface area contributed by atoms with Crippen molar-refractivity contribution in [1.29, 1.82) is 0 Å². The Hall–Kier alpha value is -16.0. The van der Waals surface area contributed by atoms with Gasteiger partial charge < -0.3 is 18.6 Å². The van der Waals surface area contributed by atoms with E-state index in [1.54, 1.807) is 0 Å². The van der Waals surface area contributed by atoms with Gasteiger partial charge in [-0.3, -0.25) is 0 Å². The quantitative estimate of drug-likeness (QED) is 0.109. The number of para-hydroxylation sites is 2. The molecule has 0 atom stereocenters. The zero-order valence-electron chi connectivity index (χ0n) is 69.6. The monoisotopic (exact) mass is 1670 g/mol. The molecule has 0 fully saturated rings. The topological polar surface area (TPSA) is 32.8 Å². The fourth-order valence-electron chi connectivity index (χ4n) is 21.0. The van der Waals surface area contributed by atoms with Gasteiger partial charge in [0, 0.05) is 95.8 Å². The summed E-state index contributed by atoms with van der Waals surface area (Å²) in [6.07, 6.45) is 0. The average Bonchev–Trinajstić information content (AvgIpc) is 1.53. The van der Waals surface area contributed by atoms with Crippen LogP contribution in [0.5, 0.6) is 0 Å². The van der Waals surface area contributed by atoms with Crippen molar-refractivity contribution in [2.24, 2.45) is 0 Å². The molecule has 4 heterocycles. The van der Waals surface area contributed by atoms with E-state index in [2.05, 4.69) is 459 Å². The molecule has 128 heavy (non-hydrogen) atoms. The Kier molecular flexibility index (Phi) is 17.8. The van der Waals surface area contributed by atoms with Crippen LogP contribution in [0.15, 0.2) is 482 Å². The van der Waals surface area contributed by atoms with E-state index in [-0.39, 0.29) is 0 Å². The number of fused-ring (bicyclic) bond motifs is 18. The van der Waals surface area contributed by atoms with Gasteiger partial charge in [-0.05, 0) is 234 Å². The number of hydrogen-bond acceptors (Lipinski definition) is 6. The third-order valence-electron chi connectivity index (χ3n) is 26.7. The summed E-state index contributed by atoms with van der Waals surface area (Å²) < 4.78 is 17.7. The Morgan fingerprint density at radius 2 is 0.445 bits per heavy atom. The first kappa shape index (κ1) is 74.6. The van der Waals surface area contributed by atoms with Crippen LogP contribution in [0, 0.1) is 0 Å². The second-order valence-electron chi connectivity index (χ2n) is 33.5. The number of anilines is 6. The second-order valence-corrected chi connectivity index (χ2v) is 35.7. The molecule has 0 radical (unpaired) electrons. The number of benzene rings is 20. The standard InChI is InChI=1S/C61H39NO2.C61H39NS2/c2*1-3-14-44(15-4-1)61(45-16-5-2-6-17-45)53-21-10-7-20-50(53)60-54(61)22-13-23-55(60)62(46-32-26-40(27-33-46)42-30-36-58-51(38-42)48-18-8-11-24-56(48)63-58)47-34-28-41(29-35-47)43-31-37-59-52(39-43)49-19-9-12-25-57(49)64-59/h2*1-39H. The zero-order chi connectivity index (χ0) is 84.4. The summed E-state index contributed by atoms with van der Waals surface area (Å²) in [5.41, 5.74) is 33.7. The van der Waals surface area contributed by atoms with Gasteiger partial charge in [-0.2, -0.15) is 0 Å². The molecule has 26 rings (SSSR count). The third-order valence-corrected chi connectivity index (χ3v) is 29.0. The van der Waals surface area contributed by atoms with Gasteiger partial charge in [-0.1, -0.05) is 340 Å². The van der Waals surface area contributed by atoms with Crippen molar-refractivity contribution < 1.29 is 8.83 Å². The van der Waals surface area contributed by atoms with Crippen molar-refractivity contribution in [1.82, 2.24) is 0 Å². The number of nitrogens with zero attached hydrogens (tertiary/aromatic N) is 2. The van der Waals surface area contributed by atoms with Crippen molar-refractivity contribution in [2.45, 2.75) is 10.8 Å². The number of furan rings is 2. The van der Waals surface area contributed by atoms with Crippen molar-refractivity contribution in [2.75, 3.05) is 9.80 Å². The van der Waals surface area contributed by atoms with Crippen LogP contribution in [-0.4, -0.2) is 0 Å². The number of hydrogen-bond donors (Lipinski definition) is 0. The lowest BCUT2D eigenvalue weighted by molar-refractivity contribution is 0.668. The Bertz CT molecular complexity index is 7530. The predicted octanol–water partition coefficient (Wildman–Crippen LogP) is 34.2. The highest BCUT2D eigenvalue weighted by Crippen LogP contribution is 2.62. The molecular weight excluding hydrogens is 1590 g/mol. The first-order chi connectivity index (χ1) is 63.4.